The highest BCUT2D eigenvalue weighted by Gasteiger charge is 2.12. The van der Waals surface area contributed by atoms with Crippen molar-refractivity contribution in [2.75, 3.05) is 18.4 Å². The second kappa shape index (κ2) is 7.15. The molecular weight excluding hydrogens is 272 g/mol. The van der Waals surface area contributed by atoms with Crippen LogP contribution in [0.1, 0.15) is 10.4 Å². The number of hydrogen-bond donors (Lipinski definition) is 3. The number of anilines is 1. The van der Waals surface area contributed by atoms with E-state index in [1.54, 1.807) is 30.5 Å². The summed E-state index contributed by atoms with van der Waals surface area (Å²) in [6, 6.07) is 6.77. The van der Waals surface area contributed by atoms with Gasteiger partial charge in [-0.2, -0.15) is 0 Å². The first-order valence-corrected chi connectivity index (χ1v) is 6.42. The molecule has 0 unspecified atom stereocenters. The van der Waals surface area contributed by atoms with E-state index in [1.807, 2.05) is 0 Å². The molecule has 4 N–H and O–H groups in total. The third-order valence-corrected chi connectivity index (χ3v) is 2.65. The zero-order valence-electron chi connectivity index (χ0n) is 11.3. The number of amides is 2. The maximum Gasteiger partial charge on any atom is 0.253 e. The molecule has 1 heterocycles. The molecule has 0 saturated carbocycles. The first kappa shape index (κ1) is 14.7. The van der Waals surface area contributed by atoms with E-state index in [1.165, 1.54) is 10.9 Å². The van der Waals surface area contributed by atoms with E-state index in [-0.39, 0.29) is 18.4 Å². The first-order chi connectivity index (χ1) is 10.2. The molecule has 0 spiro atoms. The fourth-order valence-corrected chi connectivity index (χ4v) is 1.72. The number of para-hydroxylation sites is 1. The van der Waals surface area contributed by atoms with Gasteiger partial charge in [-0.05, 0) is 12.1 Å². The number of carbonyl (C=O) groups is 2. The van der Waals surface area contributed by atoms with Crippen LogP contribution in [0.25, 0.3) is 0 Å². The van der Waals surface area contributed by atoms with Crippen molar-refractivity contribution in [3.05, 3.63) is 42.2 Å². The van der Waals surface area contributed by atoms with Crippen LogP contribution in [-0.4, -0.2) is 39.9 Å². The van der Waals surface area contributed by atoms with Gasteiger partial charge in [-0.3, -0.25) is 9.59 Å². The molecule has 0 aliphatic rings. The Labute approximate surface area is 121 Å². The van der Waals surface area contributed by atoms with Gasteiger partial charge in [-0.25, -0.2) is 4.68 Å². The standard InChI is InChI=1S/C13H16N6O2/c14-5-6-15-13(21)10-3-1-2-4-11(10)17-12(20)9-19-8-7-16-18-19/h1-4,7-8H,5-6,9,14H2,(H,15,21)(H,17,20). The molecule has 0 atom stereocenters. The topological polar surface area (TPSA) is 115 Å². The zero-order valence-corrected chi connectivity index (χ0v) is 11.3. The maximum absolute atomic E-state index is 12.0. The molecule has 2 rings (SSSR count). The minimum atomic E-state index is -0.292. The maximum atomic E-state index is 12.0. The van der Waals surface area contributed by atoms with E-state index in [0.29, 0.717) is 24.3 Å². The molecule has 0 aliphatic heterocycles. The summed E-state index contributed by atoms with van der Waals surface area (Å²) >= 11 is 0. The van der Waals surface area contributed by atoms with E-state index in [9.17, 15) is 9.59 Å². The average molecular weight is 288 g/mol. The lowest BCUT2D eigenvalue weighted by Crippen LogP contribution is -2.30. The lowest BCUT2D eigenvalue weighted by atomic mass is 10.1. The van der Waals surface area contributed by atoms with Gasteiger partial charge in [0.1, 0.15) is 6.54 Å². The highest BCUT2D eigenvalue weighted by Crippen LogP contribution is 2.14. The zero-order chi connectivity index (χ0) is 15.1. The largest absolute Gasteiger partial charge is 0.351 e. The van der Waals surface area contributed by atoms with Crippen LogP contribution in [-0.2, 0) is 11.3 Å². The van der Waals surface area contributed by atoms with Gasteiger partial charge in [-0.15, -0.1) is 5.10 Å². The van der Waals surface area contributed by atoms with Gasteiger partial charge in [0, 0.05) is 19.3 Å². The van der Waals surface area contributed by atoms with Crippen LogP contribution in [0.5, 0.6) is 0 Å². The molecule has 0 aliphatic carbocycles. The Kier molecular flexibility index (Phi) is 4.99. The minimum absolute atomic E-state index is 0.0265. The van der Waals surface area contributed by atoms with Crippen molar-refractivity contribution in [3.8, 4) is 0 Å². The number of nitrogens with zero attached hydrogens (tertiary/aromatic N) is 3. The summed E-state index contributed by atoms with van der Waals surface area (Å²) in [6.07, 6.45) is 3.07. The van der Waals surface area contributed by atoms with Crippen molar-refractivity contribution in [3.63, 3.8) is 0 Å². The minimum Gasteiger partial charge on any atom is -0.351 e. The van der Waals surface area contributed by atoms with Crippen LogP contribution < -0.4 is 16.4 Å². The van der Waals surface area contributed by atoms with Crippen molar-refractivity contribution in [2.45, 2.75) is 6.54 Å². The van der Waals surface area contributed by atoms with Crippen LogP contribution in [0.3, 0.4) is 0 Å². The summed E-state index contributed by atoms with van der Waals surface area (Å²) in [7, 11) is 0. The van der Waals surface area contributed by atoms with Crippen LogP contribution in [0.15, 0.2) is 36.7 Å². The van der Waals surface area contributed by atoms with Crippen LogP contribution in [0.2, 0.25) is 0 Å². The van der Waals surface area contributed by atoms with Gasteiger partial charge in [0.2, 0.25) is 5.91 Å². The summed E-state index contributed by atoms with van der Waals surface area (Å²) in [4.78, 5) is 23.9. The van der Waals surface area contributed by atoms with Crippen LogP contribution >= 0.6 is 0 Å². The summed E-state index contributed by atoms with van der Waals surface area (Å²) in [6.45, 7) is 0.755. The number of rotatable bonds is 6. The number of aromatic nitrogens is 3. The molecule has 8 heteroatoms. The van der Waals surface area contributed by atoms with Crippen LogP contribution in [0, 0.1) is 0 Å². The van der Waals surface area contributed by atoms with E-state index >= 15 is 0 Å². The molecule has 1 aromatic carbocycles. The number of benzene rings is 1. The predicted molar refractivity (Wildman–Crippen MR) is 76.5 cm³/mol. The Morgan fingerprint density at radius 3 is 2.81 bits per heavy atom. The van der Waals surface area contributed by atoms with Gasteiger partial charge in [0.15, 0.2) is 0 Å². The number of carbonyl (C=O) groups excluding carboxylic acids is 2. The normalized spacial score (nSPS) is 10.1. The molecular formula is C13H16N6O2. The molecule has 8 nitrogen and oxygen atoms in total. The molecule has 0 bridgehead atoms. The summed E-state index contributed by atoms with van der Waals surface area (Å²) in [5.74, 6) is -0.573. The first-order valence-electron chi connectivity index (χ1n) is 6.42. The highest BCUT2D eigenvalue weighted by molar-refractivity contribution is 6.03. The van der Waals surface area contributed by atoms with Crippen molar-refractivity contribution >= 4 is 17.5 Å². The second-order valence-corrected chi connectivity index (χ2v) is 4.24. The summed E-state index contributed by atoms with van der Waals surface area (Å²) in [5, 5.41) is 12.7. The second-order valence-electron chi connectivity index (χ2n) is 4.24. The van der Waals surface area contributed by atoms with E-state index in [0.717, 1.165) is 0 Å². The molecule has 2 amide bonds. The van der Waals surface area contributed by atoms with Gasteiger partial charge < -0.3 is 16.4 Å². The Balaban J connectivity index is 2.05. The molecule has 1 aromatic heterocycles. The predicted octanol–water partition coefficient (Wildman–Crippen LogP) is -0.395. The van der Waals surface area contributed by atoms with E-state index in [4.69, 9.17) is 5.73 Å². The smallest absolute Gasteiger partial charge is 0.253 e. The molecule has 2 aromatic rings. The SMILES string of the molecule is NCCNC(=O)c1ccccc1NC(=O)Cn1ccnn1. The number of hydrogen-bond acceptors (Lipinski definition) is 5. The molecule has 0 fully saturated rings. The van der Waals surface area contributed by atoms with Crippen molar-refractivity contribution in [2.24, 2.45) is 5.73 Å². The van der Waals surface area contributed by atoms with Crippen LogP contribution in [0.4, 0.5) is 5.69 Å². The fourth-order valence-electron chi connectivity index (χ4n) is 1.72. The van der Waals surface area contributed by atoms with Gasteiger partial charge in [0.25, 0.3) is 5.91 Å². The average Bonchev–Trinajstić information content (AvgIpc) is 2.98. The third kappa shape index (κ3) is 4.11. The molecule has 21 heavy (non-hydrogen) atoms. The van der Waals surface area contributed by atoms with Gasteiger partial charge in [-0.1, -0.05) is 17.3 Å². The number of nitrogens with two attached hydrogens (primary N) is 1. The van der Waals surface area contributed by atoms with Crippen molar-refractivity contribution in [1.82, 2.24) is 20.3 Å². The number of nitrogens with one attached hydrogen (secondary N) is 2. The Bertz CT molecular complexity index is 611. The Hall–Kier alpha value is -2.74. The molecule has 110 valence electrons. The third-order valence-electron chi connectivity index (χ3n) is 2.65. The lowest BCUT2D eigenvalue weighted by molar-refractivity contribution is -0.116. The lowest BCUT2D eigenvalue weighted by Gasteiger charge is -2.11. The highest BCUT2D eigenvalue weighted by atomic mass is 16.2. The summed E-state index contributed by atoms with van der Waals surface area (Å²) < 4.78 is 1.40. The van der Waals surface area contributed by atoms with E-state index in [2.05, 4.69) is 20.9 Å². The van der Waals surface area contributed by atoms with E-state index < -0.39 is 0 Å². The molecule has 0 saturated heterocycles. The Morgan fingerprint density at radius 2 is 2.10 bits per heavy atom. The van der Waals surface area contributed by atoms with Gasteiger partial charge in [0.05, 0.1) is 17.4 Å². The summed E-state index contributed by atoms with van der Waals surface area (Å²) in [5.41, 5.74) is 6.18. The fraction of sp³-hybridized carbons (Fsp3) is 0.231. The molecule has 0 radical (unpaired) electrons. The van der Waals surface area contributed by atoms with Gasteiger partial charge >= 0.3 is 0 Å². The van der Waals surface area contributed by atoms with Crippen molar-refractivity contribution < 1.29 is 9.59 Å². The monoisotopic (exact) mass is 288 g/mol. The Morgan fingerprint density at radius 1 is 1.29 bits per heavy atom. The quantitative estimate of drug-likeness (QED) is 0.669. The van der Waals surface area contributed by atoms with Crippen molar-refractivity contribution in [1.29, 1.82) is 0 Å².